The maximum absolute atomic E-state index is 8.56. The van der Waals surface area contributed by atoms with Crippen LogP contribution in [0.15, 0.2) is 17.5 Å². The molecule has 0 unspecified atom stereocenters. The number of tetrazole rings is 1. The van der Waals surface area contributed by atoms with Gasteiger partial charge in [-0.15, -0.1) is 10.2 Å². The monoisotopic (exact) mass is 222 g/mol. The van der Waals surface area contributed by atoms with Gasteiger partial charge in [0.05, 0.1) is 13.6 Å². The summed E-state index contributed by atoms with van der Waals surface area (Å²) >= 11 is 0. The van der Waals surface area contributed by atoms with Crippen LogP contribution in [-0.4, -0.2) is 40.8 Å². The van der Waals surface area contributed by atoms with E-state index in [0.29, 0.717) is 18.2 Å². The highest BCUT2D eigenvalue weighted by Crippen LogP contribution is 2.00. The quantitative estimate of drug-likeness (QED) is 0.283. The van der Waals surface area contributed by atoms with Crippen LogP contribution >= 0.6 is 0 Å². The fourth-order valence-electron chi connectivity index (χ4n) is 1.25. The van der Waals surface area contributed by atoms with E-state index in [9.17, 15) is 0 Å². The largest absolute Gasteiger partial charge is 0.409 e. The maximum atomic E-state index is 8.56. The minimum absolute atomic E-state index is 0.0612. The molecule has 0 aromatic carbocycles. The highest BCUT2D eigenvalue weighted by Gasteiger charge is 2.10. The van der Waals surface area contributed by atoms with Crippen LogP contribution in [0.3, 0.4) is 0 Å². The number of nitrogens with zero attached hydrogens (tertiary/aromatic N) is 7. The van der Waals surface area contributed by atoms with Crippen LogP contribution in [-0.2, 0) is 13.6 Å². The van der Waals surface area contributed by atoms with Gasteiger partial charge in [0.15, 0.2) is 11.6 Å². The first-order valence-corrected chi connectivity index (χ1v) is 4.42. The van der Waals surface area contributed by atoms with E-state index in [-0.39, 0.29) is 5.84 Å². The van der Waals surface area contributed by atoms with Crippen molar-refractivity contribution in [2.24, 2.45) is 17.9 Å². The van der Waals surface area contributed by atoms with Crippen molar-refractivity contribution < 1.29 is 5.21 Å². The molecule has 3 N–H and O–H groups in total. The molecule has 2 rings (SSSR count). The molecule has 0 amide bonds. The van der Waals surface area contributed by atoms with Crippen molar-refractivity contribution in [2.75, 3.05) is 0 Å². The fraction of sp³-hybridized carbons (Fsp3) is 0.286. The van der Waals surface area contributed by atoms with Crippen molar-refractivity contribution in [2.45, 2.75) is 6.54 Å². The number of aromatic nitrogens is 6. The van der Waals surface area contributed by atoms with Gasteiger partial charge >= 0.3 is 0 Å². The van der Waals surface area contributed by atoms with Gasteiger partial charge in [0.2, 0.25) is 5.84 Å². The second-order valence-electron chi connectivity index (χ2n) is 3.06. The summed E-state index contributed by atoms with van der Waals surface area (Å²) < 4.78 is 1.66. The van der Waals surface area contributed by atoms with Crippen LogP contribution in [0.5, 0.6) is 0 Å². The third-order valence-electron chi connectivity index (χ3n) is 1.91. The Balaban J connectivity index is 2.25. The average molecular weight is 222 g/mol. The molecule has 0 aliphatic carbocycles. The van der Waals surface area contributed by atoms with Gasteiger partial charge in [-0.05, 0) is 5.21 Å². The molecule has 0 radical (unpaired) electrons. The molecule has 2 heterocycles. The molecular formula is C7H10N8O. The molecular weight excluding hydrogens is 212 g/mol. The second-order valence-corrected chi connectivity index (χ2v) is 3.06. The Morgan fingerprint density at radius 3 is 3.06 bits per heavy atom. The summed E-state index contributed by atoms with van der Waals surface area (Å²) in [6.45, 7) is 0.361. The summed E-state index contributed by atoms with van der Waals surface area (Å²) in [5.74, 6) is 0.816. The third kappa shape index (κ3) is 1.82. The van der Waals surface area contributed by atoms with Crippen molar-refractivity contribution in [3.05, 3.63) is 24.0 Å². The number of hydrogen-bond donors (Lipinski definition) is 2. The third-order valence-corrected chi connectivity index (χ3v) is 1.91. The van der Waals surface area contributed by atoms with Crippen LogP contribution in [0.4, 0.5) is 0 Å². The van der Waals surface area contributed by atoms with Gasteiger partial charge in [0.1, 0.15) is 0 Å². The van der Waals surface area contributed by atoms with Crippen LogP contribution in [0.25, 0.3) is 0 Å². The molecule has 0 aliphatic rings. The van der Waals surface area contributed by atoms with Gasteiger partial charge in [-0.1, -0.05) is 5.16 Å². The molecule has 0 atom stereocenters. The highest BCUT2D eigenvalue weighted by molar-refractivity contribution is 5.93. The zero-order valence-corrected chi connectivity index (χ0v) is 8.52. The predicted octanol–water partition coefficient (Wildman–Crippen LogP) is -1.45. The molecule has 2 aromatic heterocycles. The first-order valence-electron chi connectivity index (χ1n) is 4.42. The van der Waals surface area contributed by atoms with Crippen molar-refractivity contribution in [1.82, 2.24) is 29.8 Å². The topological polar surface area (TPSA) is 120 Å². The number of oxime groups is 1. The number of imidazole rings is 1. The highest BCUT2D eigenvalue weighted by atomic mass is 16.4. The molecule has 84 valence electrons. The fourth-order valence-corrected chi connectivity index (χ4v) is 1.25. The molecule has 0 saturated heterocycles. The summed E-state index contributed by atoms with van der Waals surface area (Å²) in [5, 5.41) is 23.0. The lowest BCUT2D eigenvalue weighted by atomic mass is 10.5. The van der Waals surface area contributed by atoms with E-state index >= 15 is 0 Å². The molecule has 0 saturated carbocycles. The summed E-state index contributed by atoms with van der Waals surface area (Å²) in [7, 11) is 1.68. The summed E-state index contributed by atoms with van der Waals surface area (Å²) in [6.07, 6.45) is 3.23. The van der Waals surface area contributed by atoms with E-state index in [1.807, 2.05) is 0 Å². The Morgan fingerprint density at radius 2 is 2.44 bits per heavy atom. The number of aryl methyl sites for hydroxylation is 1. The first kappa shape index (κ1) is 10.1. The molecule has 0 fully saturated rings. The standard InChI is InChI=1S/C7H10N8O/c1-14-11-5(10-13-14)4-15-3-2-9-7(15)6(8)12-16/h2-3,16H,4H2,1H3,(H2,8,12). The van der Waals surface area contributed by atoms with Gasteiger partial charge in [-0.25, -0.2) is 4.98 Å². The summed E-state index contributed by atoms with van der Waals surface area (Å²) in [4.78, 5) is 5.31. The Bertz CT molecular complexity index is 512. The zero-order valence-electron chi connectivity index (χ0n) is 8.52. The Kier molecular flexibility index (Phi) is 2.50. The number of hydrogen-bond acceptors (Lipinski definition) is 6. The van der Waals surface area contributed by atoms with E-state index in [2.05, 4.69) is 25.6 Å². The van der Waals surface area contributed by atoms with E-state index in [4.69, 9.17) is 10.9 Å². The Hall–Kier alpha value is -2.45. The predicted molar refractivity (Wildman–Crippen MR) is 52.6 cm³/mol. The molecule has 0 bridgehead atoms. The van der Waals surface area contributed by atoms with Gasteiger partial charge < -0.3 is 15.5 Å². The maximum Gasteiger partial charge on any atom is 0.206 e. The summed E-state index contributed by atoms with van der Waals surface area (Å²) in [6, 6.07) is 0. The van der Waals surface area contributed by atoms with Gasteiger partial charge in [-0.2, -0.15) is 4.80 Å². The molecule has 9 nitrogen and oxygen atoms in total. The van der Waals surface area contributed by atoms with Crippen molar-refractivity contribution in [3.8, 4) is 0 Å². The summed E-state index contributed by atoms with van der Waals surface area (Å²) in [5.41, 5.74) is 5.45. The molecule has 9 heteroatoms. The van der Waals surface area contributed by atoms with E-state index in [1.165, 1.54) is 4.80 Å². The number of amidine groups is 1. The number of rotatable bonds is 3. The molecule has 2 aromatic rings. The van der Waals surface area contributed by atoms with Crippen LogP contribution in [0.1, 0.15) is 11.6 Å². The Labute approximate surface area is 90.2 Å². The lowest BCUT2D eigenvalue weighted by molar-refractivity contribution is 0.318. The number of nitrogens with two attached hydrogens (primary N) is 1. The molecule has 0 spiro atoms. The van der Waals surface area contributed by atoms with Crippen molar-refractivity contribution in [1.29, 1.82) is 0 Å². The normalized spacial score (nSPS) is 11.9. The van der Waals surface area contributed by atoms with E-state index in [1.54, 1.807) is 24.0 Å². The lowest BCUT2D eigenvalue weighted by Gasteiger charge is -2.02. The molecule has 0 aliphatic heterocycles. The van der Waals surface area contributed by atoms with Gasteiger partial charge in [0, 0.05) is 12.4 Å². The van der Waals surface area contributed by atoms with E-state index < -0.39 is 0 Å². The van der Waals surface area contributed by atoms with Crippen molar-refractivity contribution in [3.63, 3.8) is 0 Å². The lowest BCUT2D eigenvalue weighted by Crippen LogP contribution is -2.20. The average Bonchev–Trinajstić information content (AvgIpc) is 2.87. The minimum Gasteiger partial charge on any atom is -0.409 e. The molecule has 16 heavy (non-hydrogen) atoms. The SMILES string of the molecule is Cn1nnc(Cn2ccnc2/C(N)=N/O)n1. The van der Waals surface area contributed by atoms with Crippen LogP contribution in [0, 0.1) is 0 Å². The van der Waals surface area contributed by atoms with Gasteiger partial charge in [0.25, 0.3) is 0 Å². The minimum atomic E-state index is -0.0612. The van der Waals surface area contributed by atoms with Crippen LogP contribution < -0.4 is 5.73 Å². The first-order chi connectivity index (χ1) is 7.70. The van der Waals surface area contributed by atoms with Gasteiger partial charge in [-0.3, -0.25) is 0 Å². The Morgan fingerprint density at radius 1 is 1.62 bits per heavy atom. The van der Waals surface area contributed by atoms with E-state index in [0.717, 1.165) is 0 Å². The van der Waals surface area contributed by atoms with Crippen LogP contribution in [0.2, 0.25) is 0 Å². The second kappa shape index (κ2) is 3.96. The zero-order chi connectivity index (χ0) is 11.5. The smallest absolute Gasteiger partial charge is 0.206 e. The van der Waals surface area contributed by atoms with Crippen molar-refractivity contribution >= 4 is 5.84 Å².